The van der Waals surface area contributed by atoms with Gasteiger partial charge in [-0.25, -0.2) is 9.37 Å². The molecule has 0 aliphatic rings. The molecule has 1 heterocycles. The number of benzene rings is 2. The maximum atomic E-state index is 13.3. The Labute approximate surface area is 152 Å². The van der Waals surface area contributed by atoms with Crippen LogP contribution >= 0.6 is 27.5 Å². The molecule has 3 rings (SSSR count). The number of fused-ring (bicyclic) bond motifs is 1. The molecule has 0 atom stereocenters. The zero-order chi connectivity index (χ0) is 17.4. The lowest BCUT2D eigenvalue weighted by atomic mass is 9.90. The van der Waals surface area contributed by atoms with Gasteiger partial charge in [0.1, 0.15) is 11.0 Å². The van der Waals surface area contributed by atoms with Crippen molar-refractivity contribution < 1.29 is 9.18 Å². The molecule has 0 N–H and O–H groups in total. The molecule has 2 nitrogen and oxygen atoms in total. The van der Waals surface area contributed by atoms with Gasteiger partial charge in [-0.05, 0) is 57.2 Å². The van der Waals surface area contributed by atoms with Gasteiger partial charge < -0.3 is 0 Å². The van der Waals surface area contributed by atoms with E-state index in [0.29, 0.717) is 20.7 Å². The van der Waals surface area contributed by atoms with E-state index in [4.69, 9.17) is 11.6 Å². The summed E-state index contributed by atoms with van der Waals surface area (Å²) < 4.78 is 14.0. The zero-order valence-corrected chi connectivity index (χ0v) is 15.5. The second-order valence-corrected chi connectivity index (χ2v) is 7.07. The highest BCUT2D eigenvalue weighted by Crippen LogP contribution is 2.40. The standard InChI is InChI=1S/C19H14BrClFNO/c1-10(2)17-18(11-3-5-13(22)6-4-11)14-7-12(9-24)15(20)8-16(14)23-19(17)21/h3-10H,1-2H3. The van der Waals surface area contributed by atoms with Crippen LogP contribution in [0.5, 0.6) is 0 Å². The summed E-state index contributed by atoms with van der Waals surface area (Å²) in [6, 6.07) is 9.84. The molecule has 0 bridgehead atoms. The highest BCUT2D eigenvalue weighted by Gasteiger charge is 2.19. The Bertz CT molecular complexity index is 938. The molecule has 0 spiro atoms. The topological polar surface area (TPSA) is 30.0 Å². The number of hydrogen-bond acceptors (Lipinski definition) is 2. The second-order valence-electron chi connectivity index (χ2n) is 5.86. The lowest BCUT2D eigenvalue weighted by molar-refractivity contribution is 0.112. The minimum Gasteiger partial charge on any atom is -0.298 e. The van der Waals surface area contributed by atoms with Crippen LogP contribution in [0.15, 0.2) is 40.9 Å². The lowest BCUT2D eigenvalue weighted by Gasteiger charge is -2.18. The predicted octanol–water partition coefficient (Wildman–Crippen LogP) is 6.39. The predicted molar refractivity (Wildman–Crippen MR) is 99.3 cm³/mol. The molecule has 0 fully saturated rings. The maximum Gasteiger partial charge on any atom is 0.151 e. The smallest absolute Gasteiger partial charge is 0.151 e. The summed E-state index contributed by atoms with van der Waals surface area (Å²) in [5.41, 5.74) is 3.82. The fourth-order valence-corrected chi connectivity index (χ4v) is 3.66. The number of nitrogens with zero attached hydrogens (tertiary/aromatic N) is 1. The van der Waals surface area contributed by atoms with Crippen LogP contribution in [0.1, 0.15) is 35.7 Å². The number of pyridine rings is 1. The number of hydrogen-bond donors (Lipinski definition) is 0. The molecule has 0 aliphatic heterocycles. The molecule has 24 heavy (non-hydrogen) atoms. The fraction of sp³-hybridized carbons (Fsp3) is 0.158. The highest BCUT2D eigenvalue weighted by molar-refractivity contribution is 9.10. The molecule has 0 aliphatic carbocycles. The summed E-state index contributed by atoms with van der Waals surface area (Å²) >= 11 is 9.82. The van der Waals surface area contributed by atoms with Crippen LogP contribution in [0.2, 0.25) is 5.15 Å². The first-order valence-electron chi connectivity index (χ1n) is 7.46. The van der Waals surface area contributed by atoms with E-state index in [-0.39, 0.29) is 11.7 Å². The minimum absolute atomic E-state index is 0.123. The van der Waals surface area contributed by atoms with E-state index in [1.807, 2.05) is 13.8 Å². The van der Waals surface area contributed by atoms with E-state index in [0.717, 1.165) is 28.4 Å². The van der Waals surface area contributed by atoms with E-state index in [9.17, 15) is 9.18 Å². The minimum atomic E-state index is -0.300. The van der Waals surface area contributed by atoms with Gasteiger partial charge in [-0.2, -0.15) is 0 Å². The van der Waals surface area contributed by atoms with E-state index < -0.39 is 0 Å². The van der Waals surface area contributed by atoms with Gasteiger partial charge in [0.25, 0.3) is 0 Å². The lowest BCUT2D eigenvalue weighted by Crippen LogP contribution is -1.99. The number of rotatable bonds is 3. The molecule has 0 radical (unpaired) electrons. The van der Waals surface area contributed by atoms with E-state index in [2.05, 4.69) is 20.9 Å². The van der Waals surface area contributed by atoms with E-state index >= 15 is 0 Å². The first kappa shape index (κ1) is 17.1. The van der Waals surface area contributed by atoms with Crippen LogP contribution in [0.3, 0.4) is 0 Å². The molecule has 122 valence electrons. The molecule has 0 amide bonds. The average molecular weight is 407 g/mol. The molecular formula is C19H14BrClFNO. The van der Waals surface area contributed by atoms with E-state index in [1.54, 1.807) is 24.3 Å². The fourth-order valence-electron chi connectivity index (χ4n) is 2.83. The van der Waals surface area contributed by atoms with Crippen molar-refractivity contribution in [1.29, 1.82) is 0 Å². The largest absolute Gasteiger partial charge is 0.298 e. The third kappa shape index (κ3) is 2.96. The van der Waals surface area contributed by atoms with Gasteiger partial charge in [-0.1, -0.05) is 37.6 Å². The van der Waals surface area contributed by atoms with Crippen molar-refractivity contribution in [1.82, 2.24) is 4.98 Å². The normalized spacial score (nSPS) is 11.2. The molecule has 5 heteroatoms. The number of carbonyl (C=O) groups is 1. The quantitative estimate of drug-likeness (QED) is 0.372. The zero-order valence-electron chi connectivity index (χ0n) is 13.1. The van der Waals surface area contributed by atoms with Gasteiger partial charge in [0.05, 0.1) is 5.52 Å². The van der Waals surface area contributed by atoms with Gasteiger partial charge in [0.2, 0.25) is 0 Å². The molecule has 0 unspecified atom stereocenters. The van der Waals surface area contributed by atoms with Crippen LogP contribution in [0, 0.1) is 5.82 Å². The van der Waals surface area contributed by atoms with Crippen LogP contribution in [-0.4, -0.2) is 11.3 Å². The number of carbonyl (C=O) groups excluding carboxylic acids is 1. The molecular weight excluding hydrogens is 393 g/mol. The van der Waals surface area contributed by atoms with Gasteiger partial charge >= 0.3 is 0 Å². The summed E-state index contributed by atoms with van der Waals surface area (Å²) in [5, 5.41) is 1.24. The Kier molecular flexibility index (Phi) is 4.70. The van der Waals surface area contributed by atoms with Crippen molar-refractivity contribution in [3.05, 3.63) is 63.0 Å². The molecule has 0 saturated heterocycles. The van der Waals surface area contributed by atoms with Gasteiger partial charge in [0.15, 0.2) is 6.29 Å². The Morgan fingerprint density at radius 3 is 2.46 bits per heavy atom. The van der Waals surface area contributed by atoms with Crippen molar-refractivity contribution in [3.63, 3.8) is 0 Å². The third-order valence-electron chi connectivity index (χ3n) is 3.93. The van der Waals surface area contributed by atoms with Gasteiger partial charge in [0, 0.05) is 21.0 Å². The molecule has 2 aromatic carbocycles. The molecule has 3 aromatic rings. The van der Waals surface area contributed by atoms with Crippen molar-refractivity contribution in [2.75, 3.05) is 0 Å². The van der Waals surface area contributed by atoms with Crippen LogP contribution in [0.25, 0.3) is 22.0 Å². The Balaban J connectivity index is 2.47. The van der Waals surface area contributed by atoms with Gasteiger partial charge in [-0.15, -0.1) is 0 Å². The summed E-state index contributed by atoms with van der Waals surface area (Å²) in [5.74, 6) is -0.177. The highest BCUT2D eigenvalue weighted by atomic mass is 79.9. The molecule has 1 aromatic heterocycles. The second kappa shape index (κ2) is 6.61. The van der Waals surface area contributed by atoms with Crippen molar-refractivity contribution >= 4 is 44.7 Å². The average Bonchev–Trinajstić information content (AvgIpc) is 2.53. The Hall–Kier alpha value is -1.78. The summed E-state index contributed by atoms with van der Waals surface area (Å²) in [6.45, 7) is 4.06. The van der Waals surface area contributed by atoms with Gasteiger partial charge in [-0.3, -0.25) is 4.79 Å². The number of aromatic nitrogens is 1. The first-order chi connectivity index (χ1) is 11.4. The monoisotopic (exact) mass is 405 g/mol. The van der Waals surface area contributed by atoms with Crippen molar-refractivity contribution in [2.24, 2.45) is 0 Å². The maximum absolute atomic E-state index is 13.3. The van der Waals surface area contributed by atoms with Crippen LogP contribution < -0.4 is 0 Å². The number of aldehydes is 1. The van der Waals surface area contributed by atoms with Crippen LogP contribution in [0.4, 0.5) is 4.39 Å². The van der Waals surface area contributed by atoms with Crippen molar-refractivity contribution in [3.8, 4) is 11.1 Å². The molecule has 0 saturated carbocycles. The number of halogens is 3. The van der Waals surface area contributed by atoms with Crippen molar-refractivity contribution in [2.45, 2.75) is 19.8 Å². The Morgan fingerprint density at radius 1 is 1.21 bits per heavy atom. The third-order valence-corrected chi connectivity index (χ3v) is 4.91. The summed E-state index contributed by atoms with van der Waals surface area (Å²) in [7, 11) is 0. The SMILES string of the molecule is CC(C)c1c(Cl)nc2cc(Br)c(C=O)cc2c1-c1ccc(F)cc1. The van der Waals surface area contributed by atoms with E-state index in [1.165, 1.54) is 12.1 Å². The first-order valence-corrected chi connectivity index (χ1v) is 8.63. The summed E-state index contributed by atoms with van der Waals surface area (Å²) in [6.07, 6.45) is 0.793. The van der Waals surface area contributed by atoms with Crippen LogP contribution in [-0.2, 0) is 0 Å². The summed E-state index contributed by atoms with van der Waals surface area (Å²) in [4.78, 5) is 15.8. The Morgan fingerprint density at radius 2 is 1.88 bits per heavy atom.